The van der Waals surface area contributed by atoms with Gasteiger partial charge in [-0.25, -0.2) is 0 Å². The minimum atomic E-state index is 2.00. The molecular weight excluding hydrogens is 649 g/mol. The van der Waals surface area contributed by atoms with E-state index >= 15 is 0 Å². The molecule has 0 radical (unpaired) electrons. The molecule has 54 heavy (non-hydrogen) atoms. The third-order valence-corrected chi connectivity index (χ3v) is 6.00. The van der Waals surface area contributed by atoms with Gasteiger partial charge in [-0.3, -0.25) is 0 Å². The molecule has 0 N–H and O–H groups in total. The van der Waals surface area contributed by atoms with Crippen LogP contribution in [0.3, 0.4) is 0 Å². The van der Waals surface area contributed by atoms with Crippen LogP contribution in [0.4, 0.5) is 0 Å². The summed E-state index contributed by atoms with van der Waals surface area (Å²) < 4.78 is 0. The average Bonchev–Trinajstić information content (AvgIpc) is 3.18. The van der Waals surface area contributed by atoms with Crippen molar-refractivity contribution in [1.29, 1.82) is 0 Å². The molecule has 0 atom stereocenters. The van der Waals surface area contributed by atoms with Gasteiger partial charge in [-0.05, 0) is 0 Å². The van der Waals surface area contributed by atoms with Crippen LogP contribution < -0.4 is 0 Å². The van der Waals surface area contributed by atoms with Crippen LogP contribution in [0.2, 0.25) is 0 Å². The molecule has 1 aromatic carbocycles. The third kappa shape index (κ3) is 39.4. The molecule has 0 heteroatoms. The molecule has 0 bridgehead atoms. The van der Waals surface area contributed by atoms with Crippen molar-refractivity contribution < 1.29 is 0 Å². The Morgan fingerprint density at radius 2 is 0.0556 bits per heavy atom. The minimum absolute atomic E-state index is 2.00. The molecule has 1 aromatic rings. The van der Waals surface area contributed by atoms with Gasteiger partial charge in [0.2, 0.25) is 0 Å². The Hall–Kier alpha value is -7.02. The first-order valence-electron chi connectivity index (χ1n) is 18.0. The largest absolute Gasteiger partial charge is 0.0623 e. The summed E-state index contributed by atoms with van der Waals surface area (Å²) in [6.07, 6.45) is 0. The van der Waals surface area contributed by atoms with Gasteiger partial charge in [0.1, 0.15) is 0 Å². The summed E-state index contributed by atoms with van der Waals surface area (Å²) in [5.41, 5.74) is 0. The monoisotopic (exact) mass is 702 g/mol. The van der Waals surface area contributed by atoms with Gasteiger partial charge in [0.15, 0.2) is 0 Å². The third-order valence-electron chi connectivity index (χ3n) is 6.00. The van der Waals surface area contributed by atoms with E-state index in [1.807, 2.05) is 328 Å². The van der Waals surface area contributed by atoms with Crippen molar-refractivity contribution in [3.63, 3.8) is 0 Å². The molecule has 0 saturated carbocycles. The SMILES string of the molecule is c1ccccccccccccccccccccccccccccccccccccccccccccccccccccc1. The van der Waals surface area contributed by atoms with Gasteiger partial charge in [-0.2, -0.15) is 0 Å². The molecule has 0 amide bonds. The average molecular weight is 703 g/mol. The highest BCUT2D eigenvalue weighted by atomic mass is 13.7. The summed E-state index contributed by atoms with van der Waals surface area (Å²) in [4.78, 5) is 0. The molecule has 0 saturated heterocycles. The minimum Gasteiger partial charge on any atom is -0.0623 e. The van der Waals surface area contributed by atoms with Crippen LogP contribution in [-0.2, 0) is 0 Å². The lowest BCUT2D eigenvalue weighted by atomic mass is 10.4. The molecule has 0 unspecified atom stereocenters. The van der Waals surface area contributed by atoms with E-state index in [0.717, 1.165) is 0 Å². The summed E-state index contributed by atoms with van der Waals surface area (Å²) in [5, 5.41) is 0. The van der Waals surface area contributed by atoms with E-state index in [4.69, 9.17) is 0 Å². The molecule has 1 rings (SSSR count). The first kappa shape index (κ1) is 45.0. The van der Waals surface area contributed by atoms with Crippen molar-refractivity contribution in [3.05, 3.63) is 328 Å². The predicted octanol–water partition coefficient (Wildman–Crippen LogP) is 15.2. The maximum atomic E-state index is 2.00. The Balaban J connectivity index is 3.00. The Bertz CT molecular complexity index is 1100. The highest BCUT2D eigenvalue weighted by molar-refractivity contribution is 5.03. The van der Waals surface area contributed by atoms with Gasteiger partial charge in [0, 0.05) is 0 Å². The summed E-state index contributed by atoms with van der Waals surface area (Å²) in [5.74, 6) is 0. The zero-order valence-electron chi connectivity index (χ0n) is 31.2. The molecule has 0 aliphatic heterocycles. The van der Waals surface area contributed by atoms with E-state index < -0.39 is 0 Å². The lowest BCUT2D eigenvalue weighted by Crippen LogP contribution is -1.47. The zero-order valence-corrected chi connectivity index (χ0v) is 31.2. The van der Waals surface area contributed by atoms with Crippen molar-refractivity contribution in [2.24, 2.45) is 0 Å². The highest BCUT2D eigenvalue weighted by Crippen LogP contribution is 1.84. The van der Waals surface area contributed by atoms with Crippen molar-refractivity contribution in [3.8, 4) is 0 Å². The summed E-state index contributed by atoms with van der Waals surface area (Å²) in [6.45, 7) is 0. The zero-order chi connectivity index (χ0) is 38.2. The maximum absolute atomic E-state index is 2.00. The fourth-order valence-corrected chi connectivity index (χ4v) is 3.46. The maximum Gasteiger partial charge on any atom is -0.0623 e. The topological polar surface area (TPSA) is 0 Å². The Morgan fingerprint density at radius 1 is 0.0370 bits per heavy atom. The molecule has 0 heterocycles. The number of rotatable bonds is 0. The van der Waals surface area contributed by atoms with E-state index in [0.29, 0.717) is 0 Å². The highest BCUT2D eigenvalue weighted by Gasteiger charge is 1.62. The molecule has 0 spiro atoms. The Morgan fingerprint density at radius 3 is 0.0741 bits per heavy atom. The van der Waals surface area contributed by atoms with Crippen LogP contribution >= 0.6 is 0 Å². The smallest absolute Gasteiger partial charge is 0.0623 e. The van der Waals surface area contributed by atoms with Crippen LogP contribution in [0.25, 0.3) is 0 Å². The van der Waals surface area contributed by atoms with Gasteiger partial charge in [-0.1, -0.05) is 328 Å². The van der Waals surface area contributed by atoms with E-state index in [9.17, 15) is 0 Å². The lowest BCUT2D eigenvalue weighted by molar-refractivity contribution is 1.72. The quantitative estimate of drug-likeness (QED) is 0.252. The lowest BCUT2D eigenvalue weighted by Gasteiger charge is -1.69. The normalized spacial score (nSPS) is 8.00. The van der Waals surface area contributed by atoms with E-state index in [1.165, 1.54) is 0 Å². The second-order valence-corrected chi connectivity index (χ2v) is 10.4. The molecule has 0 aliphatic rings. The first-order chi connectivity index (χ1) is 27.0. The van der Waals surface area contributed by atoms with Crippen molar-refractivity contribution >= 4 is 0 Å². The van der Waals surface area contributed by atoms with Crippen LogP contribution in [-0.4, -0.2) is 0 Å². The standard InChI is InChI=1S/C54H54/c1-2-4-6-8-10-12-14-16-18-20-22-24-26-28-30-32-34-36-38-40-42-44-46-48-50-52-54-53-51-49-47-45-43-41-39-37-35-33-31-29-27-25-23-21-19-17-15-13-11-9-7-5-3-1/h1-54H. The van der Waals surface area contributed by atoms with Gasteiger partial charge in [-0.15, -0.1) is 0 Å². The number of hydrogen-bond donors (Lipinski definition) is 0. The Labute approximate surface area is 326 Å². The van der Waals surface area contributed by atoms with Gasteiger partial charge < -0.3 is 0 Å². The summed E-state index contributed by atoms with van der Waals surface area (Å²) in [6, 6.07) is 108. The second-order valence-electron chi connectivity index (χ2n) is 10.4. The van der Waals surface area contributed by atoms with Crippen molar-refractivity contribution in [2.75, 3.05) is 0 Å². The van der Waals surface area contributed by atoms with Gasteiger partial charge in [0.25, 0.3) is 0 Å². The second kappa shape index (κ2) is 42.1. The predicted molar refractivity (Wildman–Crippen MR) is 238 cm³/mol. The first-order valence-corrected chi connectivity index (χ1v) is 18.0. The van der Waals surface area contributed by atoms with Crippen LogP contribution in [0.15, 0.2) is 328 Å². The Kier molecular flexibility index (Phi) is 35.1. The molecule has 0 aromatic heterocycles. The fourth-order valence-electron chi connectivity index (χ4n) is 3.46. The molecule has 270 valence electrons. The van der Waals surface area contributed by atoms with Crippen molar-refractivity contribution in [2.45, 2.75) is 0 Å². The van der Waals surface area contributed by atoms with E-state index in [-0.39, 0.29) is 0 Å². The van der Waals surface area contributed by atoms with Crippen LogP contribution in [0.1, 0.15) is 0 Å². The van der Waals surface area contributed by atoms with Gasteiger partial charge in [0.05, 0.1) is 0 Å². The van der Waals surface area contributed by atoms with Crippen molar-refractivity contribution in [1.82, 2.24) is 0 Å². The van der Waals surface area contributed by atoms with Crippen LogP contribution in [0, 0.1) is 0 Å². The molecule has 0 nitrogen and oxygen atoms in total. The summed E-state index contributed by atoms with van der Waals surface area (Å²) >= 11 is 0. The van der Waals surface area contributed by atoms with E-state index in [2.05, 4.69) is 0 Å². The molecule has 0 fully saturated rings. The fraction of sp³-hybridized carbons (Fsp3) is 0. The van der Waals surface area contributed by atoms with Crippen LogP contribution in [0.5, 0.6) is 0 Å². The summed E-state index contributed by atoms with van der Waals surface area (Å²) in [7, 11) is 0. The van der Waals surface area contributed by atoms with Gasteiger partial charge >= 0.3 is 0 Å². The molecule has 0 aliphatic carbocycles. The number of hydrogen-bond acceptors (Lipinski definition) is 0. The molecular formula is C54H54. The van der Waals surface area contributed by atoms with E-state index in [1.54, 1.807) is 0 Å².